The molecule has 0 spiro atoms. The van der Waals surface area contributed by atoms with Gasteiger partial charge in [0.1, 0.15) is 6.79 Å². The number of ether oxygens (including phenoxy) is 4. The topological polar surface area (TPSA) is 36.9 Å². The van der Waals surface area contributed by atoms with Crippen LogP contribution in [-0.4, -0.2) is 45.4 Å². The van der Waals surface area contributed by atoms with Crippen LogP contribution in [0.5, 0.6) is 0 Å². The second-order valence-corrected chi connectivity index (χ2v) is 7.14. The van der Waals surface area contributed by atoms with Crippen LogP contribution in [0.15, 0.2) is 24.8 Å². The van der Waals surface area contributed by atoms with Crippen LogP contribution in [-0.2, 0) is 18.9 Å². The first-order chi connectivity index (χ1) is 12.0. The molecule has 1 heterocycles. The van der Waals surface area contributed by atoms with Crippen molar-refractivity contribution >= 4 is 0 Å². The number of hydrogen-bond acceptors (Lipinski definition) is 4. The fraction of sp³-hybridized carbons (Fsp3) is 0.810. The van der Waals surface area contributed by atoms with Crippen LogP contribution in [0.4, 0.5) is 0 Å². The summed E-state index contributed by atoms with van der Waals surface area (Å²) < 4.78 is 23.4. The van der Waals surface area contributed by atoms with E-state index in [0.717, 1.165) is 19.3 Å². The average Bonchev–Trinajstić information content (AvgIpc) is 2.63. The summed E-state index contributed by atoms with van der Waals surface area (Å²) in [6.45, 7) is 13.0. The molecule has 1 fully saturated rings. The first kappa shape index (κ1) is 22.4. The zero-order valence-electron chi connectivity index (χ0n) is 16.9. The molecular formula is C21H38O4. The predicted molar refractivity (Wildman–Crippen MR) is 103 cm³/mol. The smallest absolute Gasteiger partial charge is 0.146 e. The highest BCUT2D eigenvalue weighted by Gasteiger charge is 2.41. The molecule has 7 atom stereocenters. The molecule has 25 heavy (non-hydrogen) atoms. The van der Waals surface area contributed by atoms with Crippen molar-refractivity contribution in [1.29, 1.82) is 0 Å². The molecule has 0 unspecified atom stereocenters. The molecule has 1 aliphatic rings. The molecule has 0 radical (unpaired) electrons. The van der Waals surface area contributed by atoms with Crippen molar-refractivity contribution in [3.05, 3.63) is 24.8 Å². The van der Waals surface area contributed by atoms with Gasteiger partial charge < -0.3 is 18.9 Å². The molecule has 0 amide bonds. The Balaban J connectivity index is 2.87. The van der Waals surface area contributed by atoms with E-state index in [4.69, 9.17) is 18.9 Å². The molecule has 0 N–H and O–H groups in total. The standard InChI is InChI=1S/C21H38O4/c1-8-11-12-15(4)21(23-7)16(5)19-13-20(24-14-22-6)17(9-2)18(10-3)25-19/h8,10-11,15-21H,3,9,12-14H2,1-2,4-7H3/b11-8+/t15-,16-,17+,18+,19+,20+,21+/m0/s1. The van der Waals surface area contributed by atoms with Gasteiger partial charge in [0.05, 0.1) is 24.4 Å². The Morgan fingerprint density at radius 1 is 1.28 bits per heavy atom. The molecule has 0 bridgehead atoms. The van der Waals surface area contributed by atoms with Gasteiger partial charge in [-0.25, -0.2) is 0 Å². The minimum atomic E-state index is 0.0106. The van der Waals surface area contributed by atoms with Gasteiger partial charge in [0.25, 0.3) is 0 Å². The van der Waals surface area contributed by atoms with E-state index in [1.807, 2.05) is 6.08 Å². The summed E-state index contributed by atoms with van der Waals surface area (Å²) in [6.07, 6.45) is 9.46. The first-order valence-corrected chi connectivity index (χ1v) is 9.56. The molecular weight excluding hydrogens is 316 g/mol. The molecule has 0 aromatic heterocycles. The van der Waals surface area contributed by atoms with E-state index < -0.39 is 0 Å². The summed E-state index contributed by atoms with van der Waals surface area (Å²) in [6, 6.07) is 0. The summed E-state index contributed by atoms with van der Waals surface area (Å²) in [5, 5.41) is 0. The third-order valence-corrected chi connectivity index (χ3v) is 5.48. The lowest BCUT2D eigenvalue weighted by molar-refractivity contribution is -0.189. The fourth-order valence-corrected chi connectivity index (χ4v) is 4.05. The summed E-state index contributed by atoms with van der Waals surface area (Å²) in [5.41, 5.74) is 0. The van der Waals surface area contributed by atoms with Crippen LogP contribution in [0.1, 0.15) is 47.0 Å². The molecule has 1 rings (SSSR count). The lowest BCUT2D eigenvalue weighted by atomic mass is 9.79. The Kier molecular flexibility index (Phi) is 10.6. The Labute approximate surface area is 154 Å². The van der Waals surface area contributed by atoms with Crippen molar-refractivity contribution in [2.75, 3.05) is 21.0 Å². The molecule has 0 aliphatic carbocycles. The Morgan fingerprint density at radius 2 is 2.00 bits per heavy atom. The maximum atomic E-state index is 6.41. The van der Waals surface area contributed by atoms with E-state index >= 15 is 0 Å². The van der Waals surface area contributed by atoms with Gasteiger partial charge in [0.15, 0.2) is 0 Å². The maximum absolute atomic E-state index is 6.41. The van der Waals surface area contributed by atoms with Gasteiger partial charge in [-0.1, -0.05) is 39.0 Å². The van der Waals surface area contributed by atoms with Crippen LogP contribution < -0.4 is 0 Å². The van der Waals surface area contributed by atoms with Crippen LogP contribution in [0.25, 0.3) is 0 Å². The molecule has 4 heteroatoms. The third kappa shape index (κ3) is 6.21. The lowest BCUT2D eigenvalue weighted by Crippen LogP contribution is -2.49. The first-order valence-electron chi connectivity index (χ1n) is 9.56. The summed E-state index contributed by atoms with van der Waals surface area (Å²) in [4.78, 5) is 0. The largest absolute Gasteiger partial charge is 0.381 e. The van der Waals surface area contributed by atoms with E-state index in [-0.39, 0.29) is 30.3 Å². The number of allylic oxidation sites excluding steroid dienone is 2. The summed E-state index contributed by atoms with van der Waals surface area (Å²) in [7, 11) is 3.46. The van der Waals surface area contributed by atoms with Crippen molar-refractivity contribution in [3.63, 3.8) is 0 Å². The molecule has 0 aromatic rings. The quantitative estimate of drug-likeness (QED) is 0.401. The Bertz CT molecular complexity index is 395. The van der Waals surface area contributed by atoms with Crippen molar-refractivity contribution in [1.82, 2.24) is 0 Å². The van der Waals surface area contributed by atoms with Crippen LogP contribution >= 0.6 is 0 Å². The van der Waals surface area contributed by atoms with Gasteiger partial charge in [0.2, 0.25) is 0 Å². The second-order valence-electron chi connectivity index (χ2n) is 7.14. The minimum absolute atomic E-state index is 0.0106. The van der Waals surface area contributed by atoms with Crippen LogP contribution in [0, 0.1) is 17.8 Å². The van der Waals surface area contributed by atoms with Crippen LogP contribution in [0.2, 0.25) is 0 Å². The Hall–Kier alpha value is -0.680. The van der Waals surface area contributed by atoms with E-state index in [9.17, 15) is 0 Å². The van der Waals surface area contributed by atoms with Gasteiger partial charge in [-0.3, -0.25) is 0 Å². The summed E-state index contributed by atoms with van der Waals surface area (Å²) >= 11 is 0. The SMILES string of the molecule is C=C[C@H]1O[C@@H]([C@H](C)[C@H](OC)[C@@H](C)C/C=C/C)C[C@@H](OCOC)[C@@H]1CC. The normalized spacial score (nSPS) is 31.0. The van der Waals surface area contributed by atoms with E-state index in [2.05, 4.69) is 46.4 Å². The monoisotopic (exact) mass is 354 g/mol. The molecule has 0 saturated carbocycles. The van der Waals surface area contributed by atoms with Gasteiger partial charge in [0, 0.05) is 32.5 Å². The van der Waals surface area contributed by atoms with Gasteiger partial charge >= 0.3 is 0 Å². The summed E-state index contributed by atoms with van der Waals surface area (Å²) in [5.74, 6) is 1.03. The third-order valence-electron chi connectivity index (χ3n) is 5.48. The highest BCUT2D eigenvalue weighted by Crippen LogP contribution is 2.36. The predicted octanol–water partition coefficient (Wildman–Crippen LogP) is 4.60. The minimum Gasteiger partial charge on any atom is -0.381 e. The van der Waals surface area contributed by atoms with E-state index in [1.165, 1.54) is 0 Å². The molecule has 4 nitrogen and oxygen atoms in total. The fourth-order valence-electron chi connectivity index (χ4n) is 4.05. The highest BCUT2D eigenvalue weighted by atomic mass is 16.7. The Morgan fingerprint density at radius 3 is 2.52 bits per heavy atom. The van der Waals surface area contributed by atoms with E-state index in [1.54, 1.807) is 14.2 Å². The average molecular weight is 355 g/mol. The molecule has 1 saturated heterocycles. The van der Waals surface area contributed by atoms with E-state index in [0.29, 0.717) is 18.6 Å². The number of rotatable bonds is 11. The molecule has 0 aromatic carbocycles. The maximum Gasteiger partial charge on any atom is 0.146 e. The highest BCUT2D eigenvalue weighted by molar-refractivity contribution is 4.97. The number of hydrogen-bond donors (Lipinski definition) is 0. The second kappa shape index (κ2) is 11.8. The van der Waals surface area contributed by atoms with Crippen molar-refractivity contribution < 1.29 is 18.9 Å². The van der Waals surface area contributed by atoms with Gasteiger partial charge in [-0.15, -0.1) is 6.58 Å². The van der Waals surface area contributed by atoms with Crippen molar-refractivity contribution in [2.45, 2.75) is 71.4 Å². The van der Waals surface area contributed by atoms with Gasteiger partial charge in [-0.2, -0.15) is 0 Å². The zero-order chi connectivity index (χ0) is 18.8. The molecule has 1 aliphatic heterocycles. The van der Waals surface area contributed by atoms with Crippen molar-refractivity contribution in [3.8, 4) is 0 Å². The number of methoxy groups -OCH3 is 2. The lowest BCUT2D eigenvalue weighted by Gasteiger charge is -2.44. The van der Waals surface area contributed by atoms with Crippen LogP contribution in [0.3, 0.4) is 0 Å². The van der Waals surface area contributed by atoms with Crippen molar-refractivity contribution in [2.24, 2.45) is 17.8 Å². The zero-order valence-corrected chi connectivity index (χ0v) is 16.9. The molecule has 146 valence electrons. The van der Waals surface area contributed by atoms with Gasteiger partial charge in [-0.05, 0) is 25.7 Å².